The Labute approximate surface area is 435 Å². The van der Waals surface area contributed by atoms with Crippen molar-refractivity contribution in [3.05, 3.63) is 42.0 Å². The van der Waals surface area contributed by atoms with E-state index in [1.165, 1.54) is 20.1 Å². The molecule has 18 nitrogen and oxygen atoms in total. The number of ether oxygens (including phenoxy) is 11. The maximum atomic E-state index is 13.6. The predicted molar refractivity (Wildman–Crippen MR) is 264 cm³/mol. The van der Waals surface area contributed by atoms with Crippen LogP contribution in [-0.4, -0.2) is 173 Å². The van der Waals surface area contributed by atoms with Crippen LogP contribution >= 0.6 is 0 Å². The van der Waals surface area contributed by atoms with Gasteiger partial charge < -0.3 is 77.6 Å². The van der Waals surface area contributed by atoms with E-state index in [-0.39, 0.29) is 37.1 Å². The number of rotatable bonds is 14. The monoisotopic (exact) mass is 1040 g/mol. The first-order chi connectivity index (χ1) is 35.1. The van der Waals surface area contributed by atoms with Crippen LogP contribution in [-0.2, 0) is 61.7 Å². The molecule has 0 aromatic heterocycles. The number of Topliss-reactive ketones (excluding diaryl/α,β-unsaturated/α-hetero) is 1. The summed E-state index contributed by atoms with van der Waals surface area (Å²) in [7, 11) is 3.15. The first kappa shape index (κ1) is 56.2. The molecule has 4 aliphatic carbocycles. The van der Waals surface area contributed by atoms with E-state index in [0.29, 0.717) is 57.8 Å². The van der Waals surface area contributed by atoms with Gasteiger partial charge in [-0.25, -0.2) is 4.79 Å². The van der Waals surface area contributed by atoms with Gasteiger partial charge in [0.2, 0.25) is 0 Å². The Morgan fingerprint density at radius 2 is 1.20 bits per heavy atom. The van der Waals surface area contributed by atoms with E-state index in [1.54, 1.807) is 34.0 Å². The summed E-state index contributed by atoms with van der Waals surface area (Å²) in [5, 5.41) is 58.9. The number of methoxy groups -OCH3 is 2. The molecule has 8 aliphatic rings. The van der Waals surface area contributed by atoms with E-state index in [9.17, 15) is 35.1 Å². The number of carbonyl (C=O) groups is 2. The Morgan fingerprint density at radius 1 is 0.649 bits per heavy atom. The zero-order valence-corrected chi connectivity index (χ0v) is 44.7. The van der Waals surface area contributed by atoms with Gasteiger partial charge >= 0.3 is 5.97 Å². The third kappa shape index (κ3) is 10.5. The fourth-order valence-electron chi connectivity index (χ4n) is 15.2. The molecule has 0 radical (unpaired) electrons. The number of aliphatic hydroxyl groups excluding tert-OH is 3. The van der Waals surface area contributed by atoms with Gasteiger partial charge in [0, 0.05) is 57.3 Å². The van der Waals surface area contributed by atoms with Gasteiger partial charge in [-0.15, -0.1) is 0 Å². The highest BCUT2D eigenvalue weighted by Crippen LogP contribution is 2.71. The Hall–Kier alpha value is -2.50. The molecular formula is C56H84O18. The molecule has 1 aromatic rings. The van der Waals surface area contributed by atoms with E-state index < -0.39 is 144 Å². The summed E-state index contributed by atoms with van der Waals surface area (Å²) in [6.45, 7) is 12.8. The van der Waals surface area contributed by atoms with Crippen molar-refractivity contribution in [3.63, 3.8) is 0 Å². The van der Waals surface area contributed by atoms with Gasteiger partial charge in [0.15, 0.2) is 25.2 Å². The van der Waals surface area contributed by atoms with Gasteiger partial charge in [-0.3, -0.25) is 4.79 Å². The number of hydrogen-bond donors (Lipinski definition) is 5. The molecule has 4 heterocycles. The summed E-state index contributed by atoms with van der Waals surface area (Å²) >= 11 is 0. The van der Waals surface area contributed by atoms with Crippen LogP contribution in [0.4, 0.5) is 0 Å². The third-order valence-electron chi connectivity index (χ3n) is 19.4. The van der Waals surface area contributed by atoms with E-state index in [0.717, 1.165) is 5.56 Å². The SMILES string of the molecule is COC1CC(OC2C(O)CC(OC3C(O)CC(OC4C(C)OC(OC5CCC6(C)C(CCC7(O)C6CC(OC(=O)C=Cc6ccccc6)C6(C)C(C(C)=O)CCC76O)C5)CC4OC)OC3C)OC2C)OC(C)C1O. The highest BCUT2D eigenvalue weighted by Gasteiger charge is 2.78. The number of ketones is 1. The molecule has 4 saturated heterocycles. The fraction of sp³-hybridized carbons (Fsp3) is 0.821. The molecule has 0 spiro atoms. The molecule has 5 N–H and O–H groups in total. The van der Waals surface area contributed by atoms with E-state index >= 15 is 0 Å². The molecule has 9 rings (SSSR count). The van der Waals surface area contributed by atoms with Crippen LogP contribution in [0.25, 0.3) is 6.08 Å². The second-order valence-electron chi connectivity index (χ2n) is 23.5. The Kier molecular flexibility index (Phi) is 17.0. The third-order valence-corrected chi connectivity index (χ3v) is 19.4. The highest BCUT2D eigenvalue weighted by molar-refractivity contribution is 5.87. The largest absolute Gasteiger partial charge is 0.458 e. The van der Waals surface area contributed by atoms with Crippen molar-refractivity contribution < 1.29 is 87.2 Å². The molecule has 4 aliphatic heterocycles. The van der Waals surface area contributed by atoms with E-state index in [2.05, 4.69) is 6.92 Å². The topological polar surface area (TPSA) is 237 Å². The minimum atomic E-state index is -1.65. The molecule has 0 bridgehead atoms. The maximum Gasteiger partial charge on any atom is 0.331 e. The second kappa shape index (κ2) is 22.3. The smallest absolute Gasteiger partial charge is 0.331 e. The number of carbonyl (C=O) groups excluding carboxylic acids is 2. The standard InChI is InChI=1S/C56H84O18/c1-29(57)37-19-22-56(63)54(37,7)43(71-44(60)16-15-34-13-11-10-12-14-34)28-42-53(6)20-18-36(23-35(53)17-21-55(42,56)62)70-47-27-41(65-9)52(33(5)69-47)74-46-25-39(59)50(31(3)68-46)72-45-24-38(58)51(32(4)67-45)73-48-26-40(64-8)49(61)30(2)66-48/h10-16,30-33,35-43,45-52,58-59,61-63H,17-28H2,1-9H3. The molecule has 416 valence electrons. The van der Waals surface area contributed by atoms with Gasteiger partial charge in [-0.05, 0) is 115 Å². The summed E-state index contributed by atoms with van der Waals surface area (Å²) in [5.41, 5.74) is -3.89. The molecule has 8 fully saturated rings. The molecule has 74 heavy (non-hydrogen) atoms. The number of benzene rings is 1. The maximum absolute atomic E-state index is 13.6. The number of aliphatic hydroxyl groups is 5. The van der Waals surface area contributed by atoms with Gasteiger partial charge in [0.25, 0.3) is 0 Å². The summed E-state index contributed by atoms with van der Waals surface area (Å²) in [6, 6.07) is 9.46. The minimum Gasteiger partial charge on any atom is -0.458 e. The Balaban J connectivity index is 0.782. The number of esters is 1. The summed E-state index contributed by atoms with van der Waals surface area (Å²) < 4.78 is 68.3. The van der Waals surface area contributed by atoms with Crippen LogP contribution in [0.15, 0.2) is 36.4 Å². The van der Waals surface area contributed by atoms with E-state index in [1.807, 2.05) is 44.2 Å². The molecule has 25 unspecified atom stereocenters. The molecule has 4 saturated carbocycles. The van der Waals surface area contributed by atoms with Gasteiger partial charge in [-0.1, -0.05) is 44.2 Å². The molecular weight excluding hydrogens is 961 g/mol. The quantitative estimate of drug-likeness (QED) is 0.0947. The van der Waals surface area contributed by atoms with Gasteiger partial charge in [0.05, 0.1) is 60.5 Å². The number of fused-ring (bicyclic) bond motifs is 5. The predicted octanol–water partition coefficient (Wildman–Crippen LogP) is 4.89. The normalized spacial score (nSPS) is 49.6. The van der Waals surface area contributed by atoms with Crippen molar-refractivity contribution >= 4 is 17.8 Å². The van der Waals surface area contributed by atoms with Crippen molar-refractivity contribution in [1.29, 1.82) is 0 Å². The van der Waals surface area contributed by atoms with Gasteiger partial charge in [0.1, 0.15) is 41.9 Å². The van der Waals surface area contributed by atoms with E-state index in [4.69, 9.17) is 52.1 Å². The van der Waals surface area contributed by atoms with Gasteiger partial charge in [-0.2, -0.15) is 0 Å². The first-order valence-corrected chi connectivity index (χ1v) is 27.3. The van der Waals surface area contributed by atoms with Crippen LogP contribution in [0, 0.1) is 28.6 Å². The van der Waals surface area contributed by atoms with Crippen molar-refractivity contribution in [2.24, 2.45) is 28.6 Å². The zero-order chi connectivity index (χ0) is 53.1. The minimum absolute atomic E-state index is 0.0804. The lowest BCUT2D eigenvalue weighted by Gasteiger charge is -2.68. The molecule has 18 heteroatoms. The summed E-state index contributed by atoms with van der Waals surface area (Å²) in [5.74, 6) is -1.47. The van der Waals surface area contributed by atoms with Crippen molar-refractivity contribution in [1.82, 2.24) is 0 Å². The Bertz CT molecular complexity index is 2090. The first-order valence-electron chi connectivity index (χ1n) is 27.3. The lowest BCUT2D eigenvalue weighted by atomic mass is 9.40. The van der Waals surface area contributed by atoms with Crippen LogP contribution in [0.3, 0.4) is 0 Å². The Morgan fingerprint density at radius 3 is 1.80 bits per heavy atom. The second-order valence-corrected chi connectivity index (χ2v) is 23.5. The summed E-state index contributed by atoms with van der Waals surface area (Å²) in [4.78, 5) is 26.8. The average Bonchev–Trinajstić information content (AvgIpc) is 3.66. The van der Waals surface area contributed by atoms with Crippen LogP contribution in [0.5, 0.6) is 0 Å². The van der Waals surface area contributed by atoms with Crippen LogP contribution in [0.2, 0.25) is 0 Å². The van der Waals surface area contributed by atoms with Crippen molar-refractivity contribution in [3.8, 4) is 0 Å². The molecule has 1 aromatic carbocycles. The fourth-order valence-corrected chi connectivity index (χ4v) is 15.2. The zero-order valence-electron chi connectivity index (χ0n) is 44.7. The van der Waals surface area contributed by atoms with Crippen LogP contribution in [0.1, 0.15) is 131 Å². The lowest BCUT2D eigenvalue weighted by molar-refractivity contribution is -0.346. The van der Waals surface area contributed by atoms with Crippen molar-refractivity contribution in [2.45, 2.75) is 247 Å². The molecule has 25 atom stereocenters. The van der Waals surface area contributed by atoms with Crippen LogP contribution < -0.4 is 0 Å². The average molecular weight is 1050 g/mol. The molecule has 0 amide bonds. The summed E-state index contributed by atoms with van der Waals surface area (Å²) in [6.07, 6.45) is -3.61. The highest BCUT2D eigenvalue weighted by atomic mass is 16.8. The lowest BCUT2D eigenvalue weighted by Crippen LogP contribution is -2.76. The van der Waals surface area contributed by atoms with Crippen molar-refractivity contribution in [2.75, 3.05) is 14.2 Å². The number of hydrogen-bond acceptors (Lipinski definition) is 18.